The van der Waals surface area contributed by atoms with Gasteiger partial charge in [0.05, 0.1) is 15.7 Å². The van der Waals surface area contributed by atoms with Crippen LogP contribution in [0.4, 0.5) is 5.69 Å². The second-order valence-corrected chi connectivity index (χ2v) is 5.81. The van der Waals surface area contributed by atoms with Crippen molar-refractivity contribution < 1.29 is 0 Å². The molecule has 0 saturated heterocycles. The van der Waals surface area contributed by atoms with Gasteiger partial charge in [0.15, 0.2) is 5.17 Å². The summed E-state index contributed by atoms with van der Waals surface area (Å²) in [5.41, 5.74) is 3.90. The highest BCUT2D eigenvalue weighted by atomic mass is 35.5. The number of hydrogen-bond acceptors (Lipinski definition) is 2. The van der Waals surface area contributed by atoms with Crippen LogP contribution in [0.25, 0.3) is 0 Å². The van der Waals surface area contributed by atoms with Crippen molar-refractivity contribution >= 4 is 68.9 Å². The lowest BCUT2D eigenvalue weighted by Crippen LogP contribution is -1.98. The number of rotatable bonds is 3. The lowest BCUT2D eigenvalue weighted by atomic mass is 10.2. The molecule has 0 spiro atoms. The summed E-state index contributed by atoms with van der Waals surface area (Å²) >= 11 is 29.8. The Morgan fingerprint density at radius 1 is 0.850 bits per heavy atom. The van der Waals surface area contributed by atoms with Crippen molar-refractivity contribution in [3.63, 3.8) is 0 Å². The van der Waals surface area contributed by atoms with Gasteiger partial charge in [-0.2, -0.15) is 5.10 Å². The molecule has 2 rings (SSSR count). The highest BCUT2D eigenvalue weighted by molar-refractivity contribution is 6.70. The molecule has 0 aromatic heterocycles. The maximum Gasteiger partial charge on any atom is 0.158 e. The van der Waals surface area contributed by atoms with Crippen LogP contribution in [0, 0.1) is 0 Å². The van der Waals surface area contributed by atoms with Crippen LogP contribution in [0.5, 0.6) is 0 Å². The van der Waals surface area contributed by atoms with Crippen molar-refractivity contribution in [2.45, 2.75) is 0 Å². The fourth-order valence-electron chi connectivity index (χ4n) is 1.41. The molecule has 0 unspecified atom stereocenters. The summed E-state index contributed by atoms with van der Waals surface area (Å²) in [5, 5.41) is 6.13. The van der Waals surface area contributed by atoms with Crippen molar-refractivity contribution in [3.8, 4) is 0 Å². The first-order chi connectivity index (χ1) is 9.47. The molecule has 7 heteroatoms. The smallest absolute Gasteiger partial charge is 0.158 e. The molecule has 0 aliphatic heterocycles. The number of hydrogen-bond donors (Lipinski definition) is 1. The molecular formula is C13H7Cl5N2. The lowest BCUT2D eigenvalue weighted by molar-refractivity contribution is 1.34. The summed E-state index contributed by atoms with van der Waals surface area (Å²) in [5.74, 6) is 0. The van der Waals surface area contributed by atoms with E-state index < -0.39 is 0 Å². The van der Waals surface area contributed by atoms with E-state index in [0.717, 1.165) is 0 Å². The normalized spacial score (nSPS) is 11.6. The Hall–Kier alpha value is -0.640. The Labute approximate surface area is 141 Å². The van der Waals surface area contributed by atoms with E-state index in [1.807, 2.05) is 0 Å². The highest BCUT2D eigenvalue weighted by Crippen LogP contribution is 2.26. The van der Waals surface area contributed by atoms with Crippen molar-refractivity contribution in [3.05, 3.63) is 62.1 Å². The molecule has 2 nitrogen and oxygen atoms in total. The average Bonchev–Trinajstić information content (AvgIpc) is 2.37. The first-order valence-corrected chi connectivity index (χ1v) is 7.26. The molecule has 0 amide bonds. The van der Waals surface area contributed by atoms with E-state index in [1.54, 1.807) is 36.4 Å². The third kappa shape index (κ3) is 3.94. The summed E-state index contributed by atoms with van der Waals surface area (Å²) < 4.78 is 0. The van der Waals surface area contributed by atoms with Crippen LogP contribution < -0.4 is 5.43 Å². The minimum atomic E-state index is 0.192. The molecule has 0 heterocycles. The number of hydrazone groups is 1. The predicted octanol–water partition coefficient (Wildman–Crippen LogP) is 6.31. The zero-order valence-electron chi connectivity index (χ0n) is 9.80. The van der Waals surface area contributed by atoms with Gasteiger partial charge >= 0.3 is 0 Å². The van der Waals surface area contributed by atoms with Gasteiger partial charge in [0.2, 0.25) is 0 Å². The van der Waals surface area contributed by atoms with Crippen molar-refractivity contribution in [1.82, 2.24) is 0 Å². The summed E-state index contributed by atoms with van der Waals surface area (Å²) in [7, 11) is 0. The number of benzene rings is 2. The lowest BCUT2D eigenvalue weighted by Gasteiger charge is -2.06. The van der Waals surface area contributed by atoms with Crippen LogP contribution in [-0.4, -0.2) is 5.17 Å². The molecule has 0 radical (unpaired) electrons. The Morgan fingerprint density at radius 2 is 1.45 bits per heavy atom. The minimum absolute atomic E-state index is 0.192. The Bertz CT molecular complexity index is 670. The number of nitrogens with one attached hydrogen (secondary N) is 1. The number of nitrogens with zero attached hydrogens (tertiary/aromatic N) is 1. The summed E-state index contributed by atoms with van der Waals surface area (Å²) in [6, 6.07) is 9.93. The number of anilines is 1. The largest absolute Gasteiger partial charge is 0.276 e. The van der Waals surface area contributed by atoms with E-state index in [4.69, 9.17) is 58.0 Å². The second kappa shape index (κ2) is 6.88. The van der Waals surface area contributed by atoms with Crippen LogP contribution >= 0.6 is 58.0 Å². The maximum absolute atomic E-state index is 6.09. The topological polar surface area (TPSA) is 24.4 Å². The van der Waals surface area contributed by atoms with Crippen molar-refractivity contribution in [2.75, 3.05) is 5.43 Å². The zero-order chi connectivity index (χ0) is 14.7. The van der Waals surface area contributed by atoms with Crippen LogP contribution in [0.1, 0.15) is 5.56 Å². The van der Waals surface area contributed by atoms with Crippen LogP contribution in [0.15, 0.2) is 41.5 Å². The fourth-order valence-corrected chi connectivity index (χ4v) is 2.61. The van der Waals surface area contributed by atoms with Gasteiger partial charge in [-0.25, -0.2) is 0 Å². The van der Waals surface area contributed by atoms with Crippen LogP contribution in [-0.2, 0) is 0 Å². The van der Waals surface area contributed by atoms with Crippen molar-refractivity contribution in [1.29, 1.82) is 0 Å². The van der Waals surface area contributed by atoms with Crippen molar-refractivity contribution in [2.24, 2.45) is 5.10 Å². The standard InChI is InChI=1S/C13H7Cl5N2/c14-7-1-3-9(10(16)5-7)13(18)20-19-12-4-2-8(15)6-11(12)17/h1-6,19H/b20-13-. The predicted molar refractivity (Wildman–Crippen MR) is 88.9 cm³/mol. The molecule has 0 aliphatic carbocycles. The van der Waals surface area contributed by atoms with Gasteiger partial charge < -0.3 is 0 Å². The quantitative estimate of drug-likeness (QED) is 0.498. The molecule has 0 fully saturated rings. The molecule has 0 saturated carbocycles. The van der Waals surface area contributed by atoms with Gasteiger partial charge in [0, 0.05) is 15.6 Å². The highest BCUT2D eigenvalue weighted by Gasteiger charge is 2.07. The molecule has 0 bridgehead atoms. The molecule has 0 aliphatic rings. The monoisotopic (exact) mass is 366 g/mol. The van der Waals surface area contributed by atoms with Gasteiger partial charge in [-0.1, -0.05) is 58.0 Å². The van der Waals surface area contributed by atoms with Crippen LogP contribution in [0.3, 0.4) is 0 Å². The van der Waals surface area contributed by atoms with E-state index in [1.165, 1.54) is 0 Å². The maximum atomic E-state index is 6.09. The summed E-state index contributed by atoms with van der Waals surface area (Å²) in [6.45, 7) is 0. The van der Waals surface area contributed by atoms with Gasteiger partial charge in [0.25, 0.3) is 0 Å². The Kier molecular flexibility index (Phi) is 5.42. The molecule has 104 valence electrons. The summed E-state index contributed by atoms with van der Waals surface area (Å²) in [4.78, 5) is 0. The van der Waals surface area contributed by atoms with Gasteiger partial charge in [0.1, 0.15) is 0 Å². The van der Waals surface area contributed by atoms with Gasteiger partial charge in [-0.05, 0) is 36.4 Å². The fraction of sp³-hybridized carbons (Fsp3) is 0. The van der Waals surface area contributed by atoms with E-state index in [0.29, 0.717) is 31.3 Å². The Morgan fingerprint density at radius 3 is 2.05 bits per heavy atom. The molecule has 1 N–H and O–H groups in total. The third-order valence-electron chi connectivity index (χ3n) is 2.36. The molecule has 0 atom stereocenters. The number of halogens is 5. The average molecular weight is 368 g/mol. The third-order valence-corrected chi connectivity index (χ3v) is 3.74. The van der Waals surface area contributed by atoms with E-state index in [2.05, 4.69) is 10.5 Å². The first kappa shape index (κ1) is 15.7. The summed E-state index contributed by atoms with van der Waals surface area (Å²) in [6.07, 6.45) is 0. The Balaban J connectivity index is 2.22. The molecule has 2 aromatic carbocycles. The van der Waals surface area contributed by atoms with Crippen LogP contribution in [0.2, 0.25) is 20.1 Å². The zero-order valence-corrected chi connectivity index (χ0v) is 13.6. The van der Waals surface area contributed by atoms with Gasteiger partial charge in [-0.3, -0.25) is 5.43 Å². The van der Waals surface area contributed by atoms with Gasteiger partial charge in [-0.15, -0.1) is 0 Å². The molecular weight excluding hydrogens is 361 g/mol. The van der Waals surface area contributed by atoms with E-state index in [-0.39, 0.29) is 5.17 Å². The SMILES string of the molecule is Cl/C(=N\Nc1ccc(Cl)cc1Cl)c1ccc(Cl)cc1Cl. The van der Waals surface area contributed by atoms with E-state index >= 15 is 0 Å². The van der Waals surface area contributed by atoms with E-state index in [9.17, 15) is 0 Å². The second-order valence-electron chi connectivity index (χ2n) is 3.76. The molecule has 20 heavy (non-hydrogen) atoms. The first-order valence-electron chi connectivity index (χ1n) is 5.37. The molecule has 2 aromatic rings. The minimum Gasteiger partial charge on any atom is -0.276 e.